The summed E-state index contributed by atoms with van der Waals surface area (Å²) in [7, 11) is 4.78. The van der Waals surface area contributed by atoms with E-state index in [1.165, 1.54) is 14.0 Å². The Hall–Kier alpha value is -3.39. The fraction of sp³-hybridized carbons (Fsp3) is 0.423. The van der Waals surface area contributed by atoms with Crippen LogP contribution < -0.4 is 29.2 Å². The van der Waals surface area contributed by atoms with Gasteiger partial charge in [-0.05, 0) is 38.0 Å². The summed E-state index contributed by atoms with van der Waals surface area (Å²) in [6.45, 7) is 4.62. The number of hydrogen-bond acceptors (Lipinski definition) is 8. The molecule has 1 aliphatic rings. The molecule has 8 nitrogen and oxygen atoms in total. The van der Waals surface area contributed by atoms with Crippen molar-refractivity contribution in [3.05, 3.63) is 42.2 Å². The van der Waals surface area contributed by atoms with E-state index in [-0.39, 0.29) is 5.78 Å². The number of ketones is 1. The summed E-state index contributed by atoms with van der Waals surface area (Å²) in [5.74, 6) is 1.91. The summed E-state index contributed by atoms with van der Waals surface area (Å²) in [4.78, 5) is 14.9. The van der Waals surface area contributed by atoms with Gasteiger partial charge in [0.15, 0.2) is 17.1 Å². The summed E-state index contributed by atoms with van der Waals surface area (Å²) in [6, 6.07) is 10.2. The summed E-state index contributed by atoms with van der Waals surface area (Å²) in [5.41, 5.74) is 1.97. The highest BCUT2D eigenvalue weighted by Gasteiger charge is 2.28. The van der Waals surface area contributed by atoms with Crippen LogP contribution in [0.15, 0.2) is 41.0 Å². The van der Waals surface area contributed by atoms with Crippen LogP contribution in [-0.4, -0.2) is 59.4 Å². The number of ether oxygens (including phenoxy) is 4. The minimum Gasteiger partial charge on any atom is -0.495 e. The molecule has 2 heterocycles. The Bertz CT molecular complexity index is 1140. The molecule has 1 aliphatic heterocycles. The second kappa shape index (κ2) is 10.7. The molecule has 0 amide bonds. The van der Waals surface area contributed by atoms with Crippen molar-refractivity contribution in [2.75, 3.05) is 52.5 Å². The van der Waals surface area contributed by atoms with E-state index in [9.17, 15) is 4.79 Å². The fourth-order valence-corrected chi connectivity index (χ4v) is 4.67. The molecule has 1 atom stereocenters. The molecule has 8 heteroatoms. The quantitative estimate of drug-likeness (QED) is 0.348. The van der Waals surface area contributed by atoms with Gasteiger partial charge >= 0.3 is 0 Å². The molecular formula is C26H32N2O6. The first-order valence-corrected chi connectivity index (χ1v) is 11.5. The summed E-state index contributed by atoms with van der Waals surface area (Å²) in [5, 5.41) is 4.17. The predicted molar refractivity (Wildman–Crippen MR) is 131 cm³/mol. The van der Waals surface area contributed by atoms with Gasteiger partial charge in [0.2, 0.25) is 5.75 Å². The van der Waals surface area contributed by atoms with E-state index >= 15 is 0 Å². The van der Waals surface area contributed by atoms with Crippen LogP contribution in [0, 0.1) is 0 Å². The average molecular weight is 469 g/mol. The molecule has 4 rings (SSSR count). The number of rotatable bonds is 10. The number of fused-ring (bicyclic) bond motifs is 1. The van der Waals surface area contributed by atoms with E-state index in [4.69, 9.17) is 23.4 Å². The van der Waals surface area contributed by atoms with Gasteiger partial charge in [-0.15, -0.1) is 0 Å². The van der Waals surface area contributed by atoms with Crippen molar-refractivity contribution in [2.24, 2.45) is 0 Å². The van der Waals surface area contributed by atoms with Gasteiger partial charge in [-0.1, -0.05) is 12.1 Å². The minimum absolute atomic E-state index is 0.160. The monoisotopic (exact) mass is 468 g/mol. The second-order valence-electron chi connectivity index (χ2n) is 8.20. The third kappa shape index (κ3) is 4.50. The zero-order chi connectivity index (χ0) is 24.1. The van der Waals surface area contributed by atoms with Gasteiger partial charge in [-0.3, -0.25) is 4.79 Å². The summed E-state index contributed by atoms with van der Waals surface area (Å²) < 4.78 is 28.5. The molecule has 3 aromatic rings. The lowest BCUT2D eigenvalue weighted by Crippen LogP contribution is -2.51. The van der Waals surface area contributed by atoms with Crippen LogP contribution in [0.5, 0.6) is 23.0 Å². The van der Waals surface area contributed by atoms with Gasteiger partial charge in [-0.2, -0.15) is 0 Å². The molecule has 0 bridgehead atoms. The van der Waals surface area contributed by atoms with E-state index in [1.54, 1.807) is 26.5 Å². The molecule has 0 aliphatic carbocycles. The Balaban J connectivity index is 1.51. The molecule has 0 radical (unpaired) electrons. The number of Topliss-reactive ketones (excluding diaryl/α,β-unsaturated/α-hetero) is 1. The zero-order valence-corrected chi connectivity index (χ0v) is 20.2. The van der Waals surface area contributed by atoms with Gasteiger partial charge in [-0.25, -0.2) is 0 Å². The third-order valence-electron chi connectivity index (χ3n) is 6.21. The third-order valence-corrected chi connectivity index (χ3v) is 6.21. The highest BCUT2D eigenvalue weighted by molar-refractivity contribution is 6.08. The molecule has 0 spiro atoms. The molecule has 1 unspecified atom stereocenters. The van der Waals surface area contributed by atoms with Crippen molar-refractivity contribution in [1.29, 1.82) is 0 Å². The van der Waals surface area contributed by atoms with Crippen molar-refractivity contribution in [1.82, 2.24) is 5.32 Å². The smallest absolute Gasteiger partial charge is 0.205 e. The largest absolute Gasteiger partial charge is 0.495 e. The molecule has 34 heavy (non-hydrogen) atoms. The Morgan fingerprint density at radius 1 is 1.09 bits per heavy atom. The first-order chi connectivity index (χ1) is 16.6. The molecule has 2 aromatic carbocycles. The number of carbonyl (C=O) groups is 1. The van der Waals surface area contributed by atoms with Gasteiger partial charge in [0, 0.05) is 25.7 Å². The maximum Gasteiger partial charge on any atom is 0.205 e. The zero-order valence-electron chi connectivity index (χ0n) is 20.2. The van der Waals surface area contributed by atoms with Crippen LogP contribution in [0.2, 0.25) is 0 Å². The van der Waals surface area contributed by atoms with Gasteiger partial charge in [0.1, 0.15) is 17.1 Å². The van der Waals surface area contributed by atoms with E-state index in [2.05, 4.69) is 16.3 Å². The van der Waals surface area contributed by atoms with Gasteiger partial charge in [0.25, 0.3) is 0 Å². The Morgan fingerprint density at radius 3 is 2.62 bits per heavy atom. The molecule has 0 saturated carbocycles. The molecule has 1 aromatic heterocycles. The highest BCUT2D eigenvalue weighted by atomic mass is 16.5. The number of carbonyl (C=O) groups excluding carboxylic acids is 1. The number of piperazine rings is 1. The standard InChI is InChI=1S/C26H32N2O6/c1-17(29)22-23(31-3)19-11-15-34-24(19)26(32-4)25(22)33-14-7-8-18-16-27-12-13-28(18)20-9-5-6-10-21(20)30-2/h5-6,9-11,15,18,27H,7-8,12-14,16H2,1-4H3. The average Bonchev–Trinajstić information content (AvgIpc) is 3.35. The van der Waals surface area contributed by atoms with Crippen molar-refractivity contribution in [2.45, 2.75) is 25.8 Å². The lowest BCUT2D eigenvalue weighted by molar-refractivity contribution is 0.101. The van der Waals surface area contributed by atoms with Gasteiger partial charge in [0.05, 0.1) is 45.3 Å². The SMILES string of the molecule is COc1ccccc1N1CCNCC1CCCOc1c(C(C)=O)c(OC)c2ccoc2c1OC. The number of para-hydroxylation sites is 2. The van der Waals surface area contributed by atoms with Crippen LogP contribution in [0.4, 0.5) is 5.69 Å². The molecule has 1 fully saturated rings. The highest BCUT2D eigenvalue weighted by Crippen LogP contribution is 2.46. The maximum atomic E-state index is 12.5. The Labute approximate surface area is 199 Å². The van der Waals surface area contributed by atoms with Crippen LogP contribution in [-0.2, 0) is 0 Å². The van der Waals surface area contributed by atoms with Crippen LogP contribution in [0.3, 0.4) is 0 Å². The van der Waals surface area contributed by atoms with Crippen molar-refractivity contribution in [3.8, 4) is 23.0 Å². The number of furan rings is 1. The van der Waals surface area contributed by atoms with Gasteiger partial charge < -0.3 is 33.6 Å². The maximum absolute atomic E-state index is 12.5. The second-order valence-corrected chi connectivity index (χ2v) is 8.20. The topological polar surface area (TPSA) is 82.4 Å². The first-order valence-electron chi connectivity index (χ1n) is 11.5. The van der Waals surface area contributed by atoms with Crippen molar-refractivity contribution < 1.29 is 28.2 Å². The Kier molecular flexibility index (Phi) is 7.47. The van der Waals surface area contributed by atoms with Crippen molar-refractivity contribution >= 4 is 22.4 Å². The molecule has 1 N–H and O–H groups in total. The number of methoxy groups -OCH3 is 3. The van der Waals surface area contributed by atoms with Crippen LogP contribution in [0.1, 0.15) is 30.1 Å². The molecule has 182 valence electrons. The fourth-order valence-electron chi connectivity index (χ4n) is 4.67. The van der Waals surface area contributed by atoms with E-state index in [1.807, 2.05) is 18.2 Å². The Morgan fingerprint density at radius 2 is 1.88 bits per heavy atom. The normalized spacial score (nSPS) is 15.9. The van der Waals surface area contributed by atoms with E-state index < -0.39 is 0 Å². The summed E-state index contributed by atoms with van der Waals surface area (Å²) in [6.07, 6.45) is 3.24. The summed E-state index contributed by atoms with van der Waals surface area (Å²) >= 11 is 0. The molecular weight excluding hydrogens is 436 g/mol. The predicted octanol–water partition coefficient (Wildman–Crippen LogP) is 4.30. The van der Waals surface area contributed by atoms with Crippen molar-refractivity contribution in [3.63, 3.8) is 0 Å². The number of benzene rings is 2. The number of nitrogens with one attached hydrogen (secondary N) is 1. The van der Waals surface area contributed by atoms with E-state index in [0.717, 1.165) is 43.9 Å². The van der Waals surface area contributed by atoms with Crippen LogP contribution in [0.25, 0.3) is 11.0 Å². The number of anilines is 1. The first kappa shape index (κ1) is 23.8. The lowest BCUT2D eigenvalue weighted by Gasteiger charge is -2.38. The van der Waals surface area contributed by atoms with E-state index in [0.29, 0.717) is 46.4 Å². The van der Waals surface area contributed by atoms with Crippen LogP contribution >= 0.6 is 0 Å². The number of hydrogen-bond donors (Lipinski definition) is 1. The molecule has 1 saturated heterocycles. The lowest BCUT2D eigenvalue weighted by atomic mass is 10.0. The minimum atomic E-state index is -0.160. The number of nitrogens with zero attached hydrogens (tertiary/aromatic N) is 1.